The van der Waals surface area contributed by atoms with Crippen LogP contribution in [0.4, 0.5) is 0 Å². The number of fused-ring (bicyclic) bond motifs is 1. The summed E-state index contributed by atoms with van der Waals surface area (Å²) in [5.41, 5.74) is 0.198. The summed E-state index contributed by atoms with van der Waals surface area (Å²) in [7, 11) is 0. The lowest BCUT2D eigenvalue weighted by molar-refractivity contribution is -0.201. The first-order valence-corrected chi connectivity index (χ1v) is 7.11. The monoisotopic (exact) mass is 332 g/mol. The molecular weight excluding hydrogens is 320 g/mol. The molecule has 0 saturated carbocycles. The van der Waals surface area contributed by atoms with Crippen molar-refractivity contribution in [2.45, 2.75) is 18.9 Å². The zero-order chi connectivity index (χ0) is 17.3. The fourth-order valence-corrected chi connectivity index (χ4v) is 2.63. The number of imide groups is 2. The number of hydrogen-bond donors (Lipinski definition) is 1. The van der Waals surface area contributed by atoms with Gasteiger partial charge in [0.15, 0.2) is 5.75 Å². The summed E-state index contributed by atoms with van der Waals surface area (Å²) in [6.45, 7) is -0.285. The van der Waals surface area contributed by atoms with Crippen LogP contribution in [0.15, 0.2) is 18.2 Å². The van der Waals surface area contributed by atoms with Crippen LogP contribution in [0.2, 0.25) is 0 Å². The number of nitrogens with zero attached hydrogens (tertiary/aromatic N) is 1. The van der Waals surface area contributed by atoms with Crippen molar-refractivity contribution in [2.75, 3.05) is 6.61 Å². The molecule has 9 heteroatoms. The van der Waals surface area contributed by atoms with E-state index in [9.17, 15) is 24.0 Å². The molecule has 1 N–H and O–H groups in total. The number of piperidine rings is 1. The SMILES string of the molecule is O=CCOOc1ccc2c(c1)C(=O)N(C1CCC(=O)NC1=O)C2=O. The summed E-state index contributed by atoms with van der Waals surface area (Å²) >= 11 is 0. The van der Waals surface area contributed by atoms with Crippen molar-refractivity contribution in [3.8, 4) is 5.75 Å². The molecule has 0 spiro atoms. The van der Waals surface area contributed by atoms with Crippen LogP contribution < -0.4 is 10.2 Å². The van der Waals surface area contributed by atoms with Crippen LogP contribution in [0.5, 0.6) is 5.75 Å². The molecule has 0 bridgehead atoms. The van der Waals surface area contributed by atoms with Crippen molar-refractivity contribution in [1.29, 1.82) is 0 Å². The third-order valence-electron chi connectivity index (χ3n) is 3.70. The van der Waals surface area contributed by atoms with Crippen LogP contribution in [0, 0.1) is 0 Å². The summed E-state index contributed by atoms with van der Waals surface area (Å²) in [4.78, 5) is 68.5. The molecular formula is C15H12N2O7. The van der Waals surface area contributed by atoms with E-state index in [0.717, 1.165) is 4.90 Å². The van der Waals surface area contributed by atoms with E-state index in [1.807, 2.05) is 0 Å². The van der Waals surface area contributed by atoms with Crippen molar-refractivity contribution < 1.29 is 33.7 Å². The Morgan fingerprint density at radius 3 is 2.62 bits per heavy atom. The molecule has 1 saturated heterocycles. The number of aldehydes is 1. The van der Waals surface area contributed by atoms with E-state index in [-0.39, 0.29) is 36.3 Å². The molecule has 24 heavy (non-hydrogen) atoms. The maximum atomic E-state index is 12.5. The van der Waals surface area contributed by atoms with Gasteiger partial charge in [0.2, 0.25) is 11.8 Å². The lowest BCUT2D eigenvalue weighted by atomic mass is 10.0. The molecule has 2 aliphatic rings. The van der Waals surface area contributed by atoms with Crippen LogP contribution in [0.1, 0.15) is 33.6 Å². The van der Waals surface area contributed by atoms with Crippen molar-refractivity contribution in [1.82, 2.24) is 10.2 Å². The van der Waals surface area contributed by atoms with Gasteiger partial charge in [-0.3, -0.25) is 29.4 Å². The van der Waals surface area contributed by atoms with E-state index < -0.39 is 29.7 Å². The van der Waals surface area contributed by atoms with E-state index in [0.29, 0.717) is 6.29 Å². The largest absolute Gasteiger partial charge is 0.337 e. The van der Waals surface area contributed by atoms with Gasteiger partial charge < -0.3 is 9.68 Å². The van der Waals surface area contributed by atoms with E-state index >= 15 is 0 Å². The molecule has 1 fully saturated rings. The summed E-state index contributed by atoms with van der Waals surface area (Å²) in [6, 6.07) is 3.06. The maximum Gasteiger partial charge on any atom is 0.262 e. The maximum absolute atomic E-state index is 12.5. The van der Waals surface area contributed by atoms with Gasteiger partial charge in [-0.2, -0.15) is 4.89 Å². The lowest BCUT2D eigenvalue weighted by Gasteiger charge is -2.27. The molecule has 0 aromatic heterocycles. The summed E-state index contributed by atoms with van der Waals surface area (Å²) < 4.78 is 0. The minimum absolute atomic E-state index is 0.0533. The summed E-state index contributed by atoms with van der Waals surface area (Å²) in [6.07, 6.45) is 0.631. The molecule has 9 nitrogen and oxygen atoms in total. The van der Waals surface area contributed by atoms with Gasteiger partial charge in [-0.15, -0.1) is 0 Å². The highest BCUT2D eigenvalue weighted by molar-refractivity contribution is 6.23. The zero-order valence-electron chi connectivity index (χ0n) is 12.3. The number of hydrogen-bond acceptors (Lipinski definition) is 7. The van der Waals surface area contributed by atoms with Crippen LogP contribution in [-0.4, -0.2) is 47.5 Å². The predicted molar refractivity (Wildman–Crippen MR) is 75.8 cm³/mol. The topological polar surface area (TPSA) is 119 Å². The van der Waals surface area contributed by atoms with Crippen molar-refractivity contribution in [3.63, 3.8) is 0 Å². The quantitative estimate of drug-likeness (QED) is 0.256. The Morgan fingerprint density at radius 1 is 1.17 bits per heavy atom. The number of benzene rings is 1. The highest BCUT2D eigenvalue weighted by atomic mass is 17.2. The molecule has 2 aliphatic heterocycles. The Labute approximate surface area is 135 Å². The van der Waals surface area contributed by atoms with E-state index in [1.165, 1.54) is 18.2 Å². The van der Waals surface area contributed by atoms with Gasteiger partial charge >= 0.3 is 0 Å². The molecule has 124 valence electrons. The fraction of sp³-hybridized carbons (Fsp3) is 0.267. The number of rotatable bonds is 5. The predicted octanol–water partition coefficient (Wildman–Crippen LogP) is -0.403. The second kappa shape index (κ2) is 6.20. The molecule has 1 aromatic rings. The Kier molecular flexibility index (Phi) is 4.09. The highest BCUT2D eigenvalue weighted by Gasteiger charge is 2.44. The Morgan fingerprint density at radius 2 is 1.92 bits per heavy atom. The third kappa shape index (κ3) is 2.65. The molecule has 0 radical (unpaired) electrons. The minimum atomic E-state index is -1.02. The number of carbonyl (C=O) groups excluding carboxylic acids is 5. The van der Waals surface area contributed by atoms with Crippen molar-refractivity contribution in [2.24, 2.45) is 0 Å². The number of nitrogens with one attached hydrogen (secondary N) is 1. The smallest absolute Gasteiger partial charge is 0.262 e. The molecule has 3 rings (SSSR count). The van der Waals surface area contributed by atoms with E-state index in [2.05, 4.69) is 10.2 Å². The standard InChI is InChI=1S/C15H12N2O7/c18-5-6-23-24-8-1-2-9-10(7-8)15(22)17(14(9)21)11-3-4-12(19)16-13(11)20/h1-2,5,7,11H,3-4,6H2,(H,16,19,20). The second-order valence-electron chi connectivity index (χ2n) is 5.19. The number of carbonyl (C=O) groups is 5. The van der Waals surface area contributed by atoms with Gasteiger partial charge in [0.05, 0.1) is 11.1 Å². The molecule has 1 aromatic carbocycles. The van der Waals surface area contributed by atoms with Gasteiger partial charge in [0.25, 0.3) is 11.8 Å². The Bertz CT molecular complexity index is 758. The van der Waals surface area contributed by atoms with Crippen LogP contribution in [-0.2, 0) is 19.3 Å². The Balaban J connectivity index is 1.84. The van der Waals surface area contributed by atoms with Crippen molar-refractivity contribution in [3.05, 3.63) is 29.3 Å². The van der Waals surface area contributed by atoms with E-state index in [1.54, 1.807) is 0 Å². The fourth-order valence-electron chi connectivity index (χ4n) is 2.63. The van der Waals surface area contributed by atoms with Crippen LogP contribution >= 0.6 is 0 Å². The molecule has 0 aliphatic carbocycles. The van der Waals surface area contributed by atoms with Crippen LogP contribution in [0.25, 0.3) is 0 Å². The van der Waals surface area contributed by atoms with Gasteiger partial charge in [0, 0.05) is 6.42 Å². The molecule has 1 atom stereocenters. The first-order valence-electron chi connectivity index (χ1n) is 7.11. The van der Waals surface area contributed by atoms with Crippen molar-refractivity contribution >= 4 is 29.9 Å². The Hall–Kier alpha value is -3.07. The average Bonchev–Trinajstić information content (AvgIpc) is 2.80. The normalized spacial score (nSPS) is 20.0. The first-order chi connectivity index (χ1) is 11.5. The van der Waals surface area contributed by atoms with Crippen LogP contribution in [0.3, 0.4) is 0 Å². The van der Waals surface area contributed by atoms with Gasteiger partial charge in [-0.05, 0) is 24.6 Å². The highest BCUT2D eigenvalue weighted by Crippen LogP contribution is 2.30. The lowest BCUT2D eigenvalue weighted by Crippen LogP contribution is -2.54. The zero-order valence-corrected chi connectivity index (χ0v) is 12.3. The summed E-state index contributed by atoms with van der Waals surface area (Å²) in [5, 5.41) is 2.12. The van der Waals surface area contributed by atoms with Gasteiger partial charge in [0.1, 0.15) is 18.9 Å². The minimum Gasteiger partial charge on any atom is -0.337 e. The third-order valence-corrected chi connectivity index (χ3v) is 3.70. The molecule has 4 amide bonds. The molecule has 1 unspecified atom stereocenters. The second-order valence-corrected chi connectivity index (χ2v) is 5.19. The summed E-state index contributed by atoms with van der Waals surface area (Å²) in [5.74, 6) is -2.22. The number of amides is 4. The first kappa shape index (κ1) is 15.8. The average molecular weight is 332 g/mol. The van der Waals surface area contributed by atoms with Gasteiger partial charge in [-0.25, -0.2) is 0 Å². The van der Waals surface area contributed by atoms with Gasteiger partial charge in [-0.1, -0.05) is 0 Å². The van der Waals surface area contributed by atoms with E-state index in [4.69, 9.17) is 4.89 Å². The molecule has 2 heterocycles.